The summed E-state index contributed by atoms with van der Waals surface area (Å²) in [6.07, 6.45) is 3.49. The number of methoxy groups -OCH3 is 1. The molecule has 7 nitrogen and oxygen atoms in total. The van der Waals surface area contributed by atoms with E-state index >= 15 is 0 Å². The fraction of sp³-hybridized carbons (Fsp3) is 0.250. The standard InChI is InChI=1S/C12H15N3O4S/c1-18-7-2-3-8-19-12-6-4-5-11(10(12)9-13)15-20(14,16)17/h2-6,15H,7-8H2,1H3,(H2,14,16,17). The van der Waals surface area contributed by atoms with Gasteiger partial charge in [0, 0.05) is 7.11 Å². The molecular weight excluding hydrogens is 282 g/mol. The summed E-state index contributed by atoms with van der Waals surface area (Å²) in [6.45, 7) is 0.693. The van der Waals surface area contributed by atoms with Crippen LogP contribution < -0.4 is 14.6 Å². The lowest BCUT2D eigenvalue weighted by molar-refractivity contribution is 0.233. The Balaban J connectivity index is 2.87. The van der Waals surface area contributed by atoms with E-state index in [0.29, 0.717) is 6.61 Å². The van der Waals surface area contributed by atoms with E-state index in [1.165, 1.54) is 6.07 Å². The fourth-order valence-corrected chi connectivity index (χ4v) is 1.85. The van der Waals surface area contributed by atoms with Gasteiger partial charge in [-0.1, -0.05) is 12.1 Å². The second kappa shape index (κ2) is 7.49. The maximum absolute atomic E-state index is 11.0. The minimum absolute atomic E-state index is 0.0710. The lowest BCUT2D eigenvalue weighted by atomic mass is 10.2. The van der Waals surface area contributed by atoms with Gasteiger partial charge in [-0.3, -0.25) is 4.72 Å². The van der Waals surface area contributed by atoms with Gasteiger partial charge in [-0.25, -0.2) is 5.14 Å². The van der Waals surface area contributed by atoms with Crippen LogP contribution in [0, 0.1) is 11.3 Å². The number of rotatable bonds is 7. The number of nitrogens with two attached hydrogens (primary N) is 1. The third-order valence-electron chi connectivity index (χ3n) is 2.15. The molecule has 3 N–H and O–H groups in total. The topological polar surface area (TPSA) is 114 Å². The molecule has 0 saturated carbocycles. The van der Waals surface area contributed by atoms with Crippen LogP contribution in [0.15, 0.2) is 30.4 Å². The summed E-state index contributed by atoms with van der Waals surface area (Å²) in [6, 6.07) is 6.43. The van der Waals surface area contributed by atoms with Crippen molar-refractivity contribution in [1.29, 1.82) is 5.26 Å². The van der Waals surface area contributed by atoms with Gasteiger partial charge in [0.05, 0.1) is 12.3 Å². The van der Waals surface area contributed by atoms with Crippen molar-refractivity contribution in [3.63, 3.8) is 0 Å². The number of anilines is 1. The zero-order chi connectivity index (χ0) is 15.0. The highest BCUT2D eigenvalue weighted by atomic mass is 32.2. The van der Waals surface area contributed by atoms with Gasteiger partial charge in [-0.15, -0.1) is 0 Å². The number of benzene rings is 1. The predicted octanol–water partition coefficient (Wildman–Crippen LogP) is 0.755. The largest absolute Gasteiger partial charge is 0.488 e. The molecule has 0 saturated heterocycles. The van der Waals surface area contributed by atoms with Crippen LogP contribution in [0.5, 0.6) is 5.75 Å². The summed E-state index contributed by atoms with van der Waals surface area (Å²) >= 11 is 0. The number of hydrogen-bond donors (Lipinski definition) is 2. The average molecular weight is 297 g/mol. The molecule has 0 aliphatic heterocycles. The number of nitriles is 1. The van der Waals surface area contributed by atoms with E-state index in [0.717, 1.165) is 0 Å². The van der Waals surface area contributed by atoms with Crippen LogP contribution in [-0.2, 0) is 14.9 Å². The van der Waals surface area contributed by atoms with Crippen molar-refractivity contribution in [1.82, 2.24) is 0 Å². The molecule has 0 radical (unpaired) electrons. The van der Waals surface area contributed by atoms with E-state index in [4.69, 9.17) is 19.9 Å². The van der Waals surface area contributed by atoms with Crippen molar-refractivity contribution < 1.29 is 17.9 Å². The molecule has 0 bridgehead atoms. The van der Waals surface area contributed by atoms with Gasteiger partial charge in [0.2, 0.25) is 0 Å². The first-order valence-electron chi connectivity index (χ1n) is 5.58. The highest BCUT2D eigenvalue weighted by Gasteiger charge is 2.12. The Kier molecular flexibility index (Phi) is 5.99. The van der Waals surface area contributed by atoms with Crippen molar-refractivity contribution in [2.75, 3.05) is 25.0 Å². The van der Waals surface area contributed by atoms with Crippen LogP contribution in [-0.4, -0.2) is 28.7 Å². The number of hydrogen-bond acceptors (Lipinski definition) is 5. The molecule has 1 aromatic carbocycles. The van der Waals surface area contributed by atoms with Gasteiger partial charge in [0.15, 0.2) is 0 Å². The van der Waals surface area contributed by atoms with Crippen LogP contribution in [0.1, 0.15) is 5.56 Å². The summed E-state index contributed by atoms with van der Waals surface area (Å²) in [7, 11) is -2.38. The molecule has 20 heavy (non-hydrogen) atoms. The Bertz CT molecular complexity index is 620. The van der Waals surface area contributed by atoms with E-state index in [1.807, 2.05) is 6.07 Å². The van der Waals surface area contributed by atoms with Crippen molar-refractivity contribution in [2.45, 2.75) is 0 Å². The molecule has 0 aliphatic carbocycles. The zero-order valence-corrected chi connectivity index (χ0v) is 11.7. The van der Waals surface area contributed by atoms with Gasteiger partial charge in [-0.05, 0) is 18.2 Å². The maximum Gasteiger partial charge on any atom is 0.296 e. The lowest BCUT2D eigenvalue weighted by Crippen LogP contribution is -2.22. The molecule has 0 unspecified atom stereocenters. The van der Waals surface area contributed by atoms with Crippen LogP contribution in [0.4, 0.5) is 5.69 Å². The fourth-order valence-electron chi connectivity index (χ4n) is 1.38. The molecule has 0 heterocycles. The Hall–Kier alpha value is -2.08. The lowest BCUT2D eigenvalue weighted by Gasteiger charge is -2.10. The zero-order valence-electron chi connectivity index (χ0n) is 10.9. The van der Waals surface area contributed by atoms with Crippen molar-refractivity contribution in [2.24, 2.45) is 5.14 Å². The van der Waals surface area contributed by atoms with Crippen LogP contribution in [0.2, 0.25) is 0 Å². The predicted molar refractivity (Wildman–Crippen MR) is 74.4 cm³/mol. The summed E-state index contributed by atoms with van der Waals surface area (Å²) in [5, 5.41) is 14.0. The number of nitrogens with one attached hydrogen (secondary N) is 1. The van der Waals surface area contributed by atoms with Crippen LogP contribution >= 0.6 is 0 Å². The molecule has 108 valence electrons. The Morgan fingerprint density at radius 2 is 2.10 bits per heavy atom. The molecular formula is C12H15N3O4S. The quantitative estimate of drug-likeness (QED) is 0.721. The first-order valence-corrected chi connectivity index (χ1v) is 7.13. The summed E-state index contributed by atoms with van der Waals surface area (Å²) < 4.78 is 34.3. The van der Waals surface area contributed by atoms with Gasteiger partial charge >= 0.3 is 0 Å². The van der Waals surface area contributed by atoms with Gasteiger partial charge in [0.1, 0.15) is 24.0 Å². The van der Waals surface area contributed by atoms with E-state index in [-0.39, 0.29) is 23.6 Å². The minimum atomic E-state index is -3.95. The number of ether oxygens (including phenoxy) is 2. The molecule has 0 aliphatic rings. The highest BCUT2D eigenvalue weighted by Crippen LogP contribution is 2.26. The first-order chi connectivity index (χ1) is 9.48. The van der Waals surface area contributed by atoms with Crippen LogP contribution in [0.3, 0.4) is 0 Å². The Morgan fingerprint density at radius 1 is 1.40 bits per heavy atom. The van der Waals surface area contributed by atoms with Crippen LogP contribution in [0.25, 0.3) is 0 Å². The normalized spacial score (nSPS) is 11.2. The molecule has 1 rings (SSSR count). The average Bonchev–Trinajstić information content (AvgIpc) is 2.37. The monoisotopic (exact) mass is 297 g/mol. The Labute approximate surface area is 117 Å². The van der Waals surface area contributed by atoms with E-state index < -0.39 is 10.2 Å². The molecule has 0 spiro atoms. The molecule has 1 aromatic rings. The highest BCUT2D eigenvalue weighted by molar-refractivity contribution is 7.90. The molecule has 8 heteroatoms. The van der Waals surface area contributed by atoms with Crippen molar-refractivity contribution in [3.05, 3.63) is 35.9 Å². The summed E-state index contributed by atoms with van der Waals surface area (Å²) in [5.41, 5.74) is 0.148. The van der Waals surface area contributed by atoms with Gasteiger partial charge < -0.3 is 9.47 Å². The molecule has 0 atom stereocenters. The number of nitrogens with zero attached hydrogens (tertiary/aromatic N) is 1. The third-order valence-corrected chi connectivity index (χ3v) is 2.66. The summed E-state index contributed by atoms with van der Waals surface area (Å²) in [5.74, 6) is 0.267. The smallest absolute Gasteiger partial charge is 0.296 e. The Morgan fingerprint density at radius 3 is 2.70 bits per heavy atom. The second-order valence-electron chi connectivity index (χ2n) is 3.68. The molecule has 0 aromatic heterocycles. The molecule has 0 fully saturated rings. The van der Waals surface area contributed by atoms with E-state index in [9.17, 15) is 8.42 Å². The molecule has 0 amide bonds. The van der Waals surface area contributed by atoms with Gasteiger partial charge in [0.25, 0.3) is 10.2 Å². The van der Waals surface area contributed by atoms with Crippen molar-refractivity contribution >= 4 is 15.9 Å². The van der Waals surface area contributed by atoms with E-state index in [2.05, 4.69) is 4.72 Å². The van der Waals surface area contributed by atoms with Gasteiger partial charge in [-0.2, -0.15) is 13.7 Å². The third kappa shape index (κ3) is 5.27. The minimum Gasteiger partial charge on any atom is -0.488 e. The summed E-state index contributed by atoms with van der Waals surface area (Å²) in [4.78, 5) is 0. The SMILES string of the molecule is COCC=CCOc1cccc(NS(N)(=O)=O)c1C#N. The van der Waals surface area contributed by atoms with Crippen molar-refractivity contribution in [3.8, 4) is 11.8 Å². The van der Waals surface area contributed by atoms with E-state index in [1.54, 1.807) is 31.4 Å². The second-order valence-corrected chi connectivity index (χ2v) is 4.97. The maximum atomic E-state index is 11.0. The first kappa shape index (κ1) is 16.0.